The minimum absolute atomic E-state index is 0.144. The third kappa shape index (κ3) is 12.8. The third-order valence-corrected chi connectivity index (χ3v) is 6.69. The molecule has 0 saturated carbocycles. The SMILES string of the molecule is C=N/N=C(\C)C(=O)N(C)Cc1ccc(CN2CCC(OC)C2)cc1.CN.CO.COc1cc(C)c(S)c(C)c1. The quantitative estimate of drug-likeness (QED) is 0.257. The predicted molar refractivity (Wildman–Crippen MR) is 164 cm³/mol. The maximum Gasteiger partial charge on any atom is 0.269 e. The van der Waals surface area contributed by atoms with Gasteiger partial charge in [0.2, 0.25) is 0 Å². The van der Waals surface area contributed by atoms with Crippen molar-refractivity contribution in [3.05, 3.63) is 58.7 Å². The van der Waals surface area contributed by atoms with Gasteiger partial charge < -0.3 is 25.2 Å². The number of rotatable bonds is 8. The summed E-state index contributed by atoms with van der Waals surface area (Å²) >= 11 is 4.34. The molecular formula is C29H47N5O4S. The molecule has 2 aromatic rings. The zero-order chi connectivity index (χ0) is 30.0. The molecule has 1 aliphatic heterocycles. The van der Waals surface area contributed by atoms with E-state index < -0.39 is 0 Å². The highest BCUT2D eigenvalue weighted by molar-refractivity contribution is 7.80. The van der Waals surface area contributed by atoms with Gasteiger partial charge in [-0.05, 0) is 68.6 Å². The van der Waals surface area contributed by atoms with Crippen LogP contribution < -0.4 is 10.5 Å². The molecule has 0 aliphatic carbocycles. The predicted octanol–water partition coefficient (Wildman–Crippen LogP) is 3.73. The number of carbonyl (C=O) groups is 1. The first-order valence-electron chi connectivity index (χ1n) is 12.6. The van der Waals surface area contributed by atoms with Crippen LogP contribution in [0.25, 0.3) is 0 Å². The van der Waals surface area contributed by atoms with Crippen LogP contribution in [0.3, 0.4) is 0 Å². The Kier molecular flexibility index (Phi) is 18.8. The summed E-state index contributed by atoms with van der Waals surface area (Å²) in [5, 5.41) is 14.1. The Morgan fingerprint density at radius 1 is 1.15 bits per heavy atom. The van der Waals surface area contributed by atoms with Crippen LogP contribution in [0, 0.1) is 13.8 Å². The van der Waals surface area contributed by atoms with Crippen LogP contribution in [-0.2, 0) is 22.6 Å². The molecule has 0 aromatic heterocycles. The number of ether oxygens (including phenoxy) is 2. The standard InChI is InChI=1S/C18H26N4O2.C9H12OS.CH5N.CH4O/c1-14(20-19-2)18(23)21(3)11-15-5-7-16(8-6-15)12-22-10-9-17(13-22)24-4;1-6-4-8(10-3)5-7(2)9(6)11;2*1-2/h5-8,17H,2,9-13H2,1,3-4H3;4-5,11H,1-3H3;2H2,1H3;2H,1H3/b20-14+;;;. The molecule has 0 radical (unpaired) electrons. The number of hydrogen-bond donors (Lipinski definition) is 3. The maximum absolute atomic E-state index is 12.1. The fourth-order valence-corrected chi connectivity index (χ4v) is 4.08. The second kappa shape index (κ2) is 20.2. The smallest absolute Gasteiger partial charge is 0.269 e. The van der Waals surface area contributed by atoms with Gasteiger partial charge in [-0.2, -0.15) is 10.2 Å². The molecule has 218 valence electrons. The molecule has 10 heteroatoms. The highest BCUT2D eigenvalue weighted by atomic mass is 32.1. The average molecular weight is 562 g/mol. The minimum atomic E-state index is -0.144. The van der Waals surface area contributed by atoms with E-state index >= 15 is 0 Å². The number of thiol groups is 1. The summed E-state index contributed by atoms with van der Waals surface area (Å²) in [6, 6.07) is 12.4. The van der Waals surface area contributed by atoms with Crippen molar-refractivity contribution in [3.63, 3.8) is 0 Å². The highest BCUT2D eigenvalue weighted by Crippen LogP contribution is 2.24. The number of aliphatic hydroxyl groups excluding tert-OH is 1. The number of nitrogens with two attached hydrogens (primary N) is 1. The summed E-state index contributed by atoms with van der Waals surface area (Å²) in [6.07, 6.45) is 1.46. The Hall–Kier alpha value is -2.76. The van der Waals surface area contributed by atoms with Gasteiger partial charge in [-0.15, -0.1) is 12.6 Å². The number of likely N-dealkylation sites (tertiary alicyclic amines) is 1. The third-order valence-electron chi connectivity index (χ3n) is 5.99. The molecule has 1 aliphatic rings. The summed E-state index contributed by atoms with van der Waals surface area (Å²) in [5.74, 6) is 0.756. The van der Waals surface area contributed by atoms with Gasteiger partial charge in [0.05, 0.1) is 13.2 Å². The summed E-state index contributed by atoms with van der Waals surface area (Å²) in [7, 11) is 7.71. The van der Waals surface area contributed by atoms with E-state index in [9.17, 15) is 4.79 Å². The number of benzene rings is 2. The molecule has 1 unspecified atom stereocenters. The highest BCUT2D eigenvalue weighted by Gasteiger charge is 2.21. The molecule has 1 saturated heterocycles. The lowest BCUT2D eigenvalue weighted by atomic mass is 10.1. The monoisotopic (exact) mass is 561 g/mol. The van der Waals surface area contributed by atoms with E-state index in [2.05, 4.69) is 64.4 Å². The minimum Gasteiger partial charge on any atom is -0.497 e. The molecule has 1 atom stereocenters. The molecule has 1 fully saturated rings. The summed E-state index contributed by atoms with van der Waals surface area (Å²) in [4.78, 5) is 17.2. The van der Waals surface area contributed by atoms with Crippen LogP contribution >= 0.6 is 12.6 Å². The lowest BCUT2D eigenvalue weighted by Crippen LogP contribution is -2.31. The molecule has 2 aromatic carbocycles. The van der Waals surface area contributed by atoms with E-state index in [1.54, 1.807) is 33.1 Å². The summed E-state index contributed by atoms with van der Waals surface area (Å²) < 4.78 is 10.5. The first kappa shape index (κ1) is 36.2. The van der Waals surface area contributed by atoms with Crippen molar-refractivity contribution in [3.8, 4) is 5.75 Å². The Labute approximate surface area is 240 Å². The topological polar surface area (TPSA) is 113 Å². The molecule has 9 nitrogen and oxygen atoms in total. The molecule has 1 amide bonds. The van der Waals surface area contributed by atoms with Gasteiger partial charge in [0.15, 0.2) is 0 Å². The van der Waals surface area contributed by atoms with E-state index in [4.69, 9.17) is 14.6 Å². The average Bonchev–Trinajstić information content (AvgIpc) is 3.42. The van der Waals surface area contributed by atoms with Crippen LogP contribution in [0.4, 0.5) is 0 Å². The van der Waals surface area contributed by atoms with Crippen molar-refractivity contribution in [2.24, 2.45) is 15.9 Å². The number of hydrogen-bond acceptors (Lipinski definition) is 9. The van der Waals surface area contributed by atoms with Crippen LogP contribution in [0.2, 0.25) is 0 Å². The second-order valence-corrected chi connectivity index (χ2v) is 9.24. The van der Waals surface area contributed by atoms with Crippen LogP contribution in [-0.4, -0.2) is 87.9 Å². The number of nitrogens with zero attached hydrogens (tertiary/aromatic N) is 4. The van der Waals surface area contributed by atoms with E-state index in [1.807, 2.05) is 26.0 Å². The van der Waals surface area contributed by atoms with E-state index in [-0.39, 0.29) is 5.91 Å². The molecule has 3 rings (SSSR count). The number of amides is 1. The first-order chi connectivity index (χ1) is 18.7. The van der Waals surface area contributed by atoms with Gasteiger partial charge in [-0.25, -0.2) is 0 Å². The molecule has 39 heavy (non-hydrogen) atoms. The fraction of sp³-hybridized carbons (Fsp3) is 0.483. The van der Waals surface area contributed by atoms with Crippen molar-refractivity contribution >= 4 is 31.0 Å². The van der Waals surface area contributed by atoms with Gasteiger partial charge in [-0.3, -0.25) is 9.69 Å². The van der Waals surface area contributed by atoms with Gasteiger partial charge in [0.1, 0.15) is 11.5 Å². The molecule has 3 N–H and O–H groups in total. The second-order valence-electron chi connectivity index (χ2n) is 8.80. The molecule has 0 spiro atoms. The molecular weight excluding hydrogens is 514 g/mol. The van der Waals surface area contributed by atoms with Crippen molar-refractivity contribution < 1.29 is 19.4 Å². The number of aryl methyl sites for hydroxylation is 2. The zero-order valence-corrected chi connectivity index (χ0v) is 25.7. The van der Waals surface area contributed by atoms with Crippen molar-refractivity contribution in [2.45, 2.75) is 51.3 Å². The lowest BCUT2D eigenvalue weighted by Gasteiger charge is -2.18. The van der Waals surface area contributed by atoms with E-state index in [1.165, 1.54) is 12.6 Å². The summed E-state index contributed by atoms with van der Waals surface area (Å²) in [5.41, 5.74) is 9.52. The Morgan fingerprint density at radius 2 is 1.69 bits per heavy atom. The Bertz CT molecular complexity index is 1010. The first-order valence-corrected chi connectivity index (χ1v) is 13.1. The molecule has 1 heterocycles. The van der Waals surface area contributed by atoms with Gasteiger partial charge in [0.25, 0.3) is 5.91 Å². The Balaban J connectivity index is 0.000000803. The van der Waals surface area contributed by atoms with Gasteiger partial charge in [0, 0.05) is 59.1 Å². The van der Waals surface area contributed by atoms with Gasteiger partial charge >= 0.3 is 0 Å². The van der Waals surface area contributed by atoms with Crippen LogP contribution in [0.5, 0.6) is 5.75 Å². The normalized spacial score (nSPS) is 14.5. The number of carbonyl (C=O) groups excluding carboxylic acids is 1. The fourth-order valence-electron chi connectivity index (χ4n) is 3.95. The largest absolute Gasteiger partial charge is 0.497 e. The van der Waals surface area contributed by atoms with Crippen molar-refractivity contribution in [1.29, 1.82) is 0 Å². The van der Waals surface area contributed by atoms with Crippen LogP contribution in [0.1, 0.15) is 35.6 Å². The maximum atomic E-state index is 12.1. The van der Waals surface area contributed by atoms with Gasteiger partial charge in [-0.1, -0.05) is 24.3 Å². The summed E-state index contributed by atoms with van der Waals surface area (Å²) in [6.45, 7) is 12.5. The number of aliphatic hydroxyl groups is 1. The van der Waals surface area contributed by atoms with E-state index in [0.29, 0.717) is 18.4 Å². The van der Waals surface area contributed by atoms with Crippen molar-refractivity contribution in [1.82, 2.24) is 9.80 Å². The number of methoxy groups -OCH3 is 2. The Morgan fingerprint density at radius 3 is 2.15 bits per heavy atom. The molecule has 0 bridgehead atoms. The van der Waals surface area contributed by atoms with E-state index in [0.717, 1.165) is 60.5 Å². The van der Waals surface area contributed by atoms with Crippen LogP contribution in [0.15, 0.2) is 51.5 Å². The lowest BCUT2D eigenvalue weighted by molar-refractivity contribution is -0.123. The zero-order valence-electron chi connectivity index (χ0n) is 24.8. The van der Waals surface area contributed by atoms with Crippen molar-refractivity contribution in [2.75, 3.05) is 48.5 Å².